The second-order valence-electron chi connectivity index (χ2n) is 11.9. The molecule has 4 saturated carbocycles. The Bertz CT molecular complexity index is 1040. The molecule has 6 rings (SSSR count). The van der Waals surface area contributed by atoms with Gasteiger partial charge in [-0.1, -0.05) is 19.9 Å². The molecular formula is C26H36O11. The molecule has 0 amide bonds. The highest BCUT2D eigenvalue weighted by Crippen LogP contribution is 2.79. The zero-order valence-corrected chi connectivity index (χ0v) is 21.5. The number of carbonyl (C=O) groups excluding carboxylic acids is 3. The third kappa shape index (κ3) is 3.09. The Morgan fingerprint density at radius 1 is 1.03 bits per heavy atom. The molecule has 4 bridgehead atoms. The van der Waals surface area contributed by atoms with Crippen LogP contribution < -0.4 is 0 Å². The minimum atomic E-state index is -2.58. The normalized spacial score (nSPS) is 51.6. The van der Waals surface area contributed by atoms with Crippen molar-refractivity contribution in [2.75, 3.05) is 6.61 Å². The summed E-state index contributed by atoms with van der Waals surface area (Å²) >= 11 is 0. The van der Waals surface area contributed by atoms with Crippen LogP contribution >= 0.6 is 0 Å². The lowest BCUT2D eigenvalue weighted by Crippen LogP contribution is -2.88. The van der Waals surface area contributed by atoms with E-state index in [0.717, 1.165) is 0 Å². The first-order valence-corrected chi connectivity index (χ1v) is 12.8. The first kappa shape index (κ1) is 26.6. The van der Waals surface area contributed by atoms with Gasteiger partial charge in [0.25, 0.3) is 0 Å². The number of carbonyl (C=O) groups is 3. The third-order valence-electron chi connectivity index (χ3n) is 10.1. The van der Waals surface area contributed by atoms with Crippen LogP contribution in [-0.4, -0.2) is 81.4 Å². The molecule has 6 aliphatic rings. The van der Waals surface area contributed by atoms with Gasteiger partial charge in [-0.2, -0.15) is 0 Å². The Hall–Kier alpha value is -2.05. The van der Waals surface area contributed by atoms with Gasteiger partial charge in [-0.25, -0.2) is 0 Å². The number of ether oxygens (including phenoxy) is 4. The maximum atomic E-state index is 12.5. The summed E-state index contributed by atoms with van der Waals surface area (Å²) in [5, 5.41) is 47.4. The van der Waals surface area contributed by atoms with Crippen LogP contribution in [0.1, 0.15) is 53.4 Å². The van der Waals surface area contributed by atoms with Crippen molar-refractivity contribution in [3.05, 3.63) is 12.2 Å². The average Bonchev–Trinajstić information content (AvgIpc) is 2.89. The summed E-state index contributed by atoms with van der Waals surface area (Å²) in [5.41, 5.74) is -3.93. The highest BCUT2D eigenvalue weighted by molar-refractivity contribution is 5.67. The molecule has 4 aliphatic carbocycles. The monoisotopic (exact) mass is 524 g/mol. The summed E-state index contributed by atoms with van der Waals surface area (Å²) in [7, 11) is 0. The lowest BCUT2D eigenvalue weighted by molar-refractivity contribution is -0.519. The van der Waals surface area contributed by atoms with Crippen LogP contribution in [-0.2, 0) is 33.3 Å². The summed E-state index contributed by atoms with van der Waals surface area (Å²) in [5.74, 6) is -7.01. The summed E-state index contributed by atoms with van der Waals surface area (Å²) in [6, 6.07) is 0. The highest BCUT2D eigenvalue weighted by Gasteiger charge is 2.90. The van der Waals surface area contributed by atoms with E-state index in [9.17, 15) is 34.8 Å². The molecule has 12 atom stereocenters. The lowest BCUT2D eigenvalue weighted by atomic mass is 9.35. The summed E-state index contributed by atoms with van der Waals surface area (Å²) in [4.78, 5) is 36.5. The van der Waals surface area contributed by atoms with E-state index < -0.39 is 88.4 Å². The van der Waals surface area contributed by atoms with Crippen molar-refractivity contribution in [2.45, 2.75) is 89.9 Å². The first-order chi connectivity index (χ1) is 17.2. The number of hydrogen-bond acceptors (Lipinski definition) is 11. The molecule has 2 heterocycles. The Morgan fingerprint density at radius 2 is 1.68 bits per heavy atom. The molecule has 2 spiro atoms. The molecule has 4 N–H and O–H groups in total. The molecule has 0 radical (unpaired) electrons. The largest absolute Gasteiger partial charge is 0.465 e. The predicted octanol–water partition coefficient (Wildman–Crippen LogP) is 0.171. The average molecular weight is 525 g/mol. The van der Waals surface area contributed by atoms with Crippen LogP contribution in [0.15, 0.2) is 12.2 Å². The molecular weight excluding hydrogens is 488 g/mol. The maximum absolute atomic E-state index is 12.5. The van der Waals surface area contributed by atoms with Crippen LogP contribution in [0.3, 0.4) is 0 Å². The first-order valence-electron chi connectivity index (χ1n) is 12.8. The van der Waals surface area contributed by atoms with Gasteiger partial charge >= 0.3 is 17.9 Å². The number of esters is 3. The summed E-state index contributed by atoms with van der Waals surface area (Å²) in [6.45, 7) is 9.41. The molecule has 6 fully saturated rings. The minimum Gasteiger partial charge on any atom is -0.465 e. The topological polar surface area (TPSA) is 169 Å². The standard InChI is InChI=1S/C26H36O11/c1-11-15-9-16(35-13(3)28)17-24-8-6-7-23(5,10-34-12(2)27)18(24)21(36-14(4)29)26(33,37-22(24)32)25(17,19(11)30)20(15)31/h15-22,30-33H,1,6-10H2,2-5H3/t15-,16-,17-,18+,19+,20+,21-,22-,23-,24+,25-,26-/m0/s1. The fraction of sp³-hybridized carbons (Fsp3) is 0.808. The zero-order chi connectivity index (χ0) is 27.3. The number of hydrogen-bond donors (Lipinski definition) is 4. The van der Waals surface area contributed by atoms with Crippen molar-refractivity contribution in [3.63, 3.8) is 0 Å². The lowest BCUT2D eigenvalue weighted by Gasteiger charge is -2.76. The highest BCUT2D eigenvalue weighted by atomic mass is 16.7. The van der Waals surface area contributed by atoms with Gasteiger partial charge in [0.1, 0.15) is 6.10 Å². The number of aliphatic hydroxyl groups is 4. The van der Waals surface area contributed by atoms with E-state index in [1.54, 1.807) is 0 Å². The summed E-state index contributed by atoms with van der Waals surface area (Å²) in [6.07, 6.45) is -5.43. The zero-order valence-electron chi connectivity index (χ0n) is 21.5. The summed E-state index contributed by atoms with van der Waals surface area (Å²) < 4.78 is 22.9. The van der Waals surface area contributed by atoms with Crippen LogP contribution in [0.2, 0.25) is 0 Å². The molecule has 0 aromatic heterocycles. The predicted molar refractivity (Wildman–Crippen MR) is 123 cm³/mol. The quantitative estimate of drug-likeness (QED) is 0.225. The fourth-order valence-electron chi connectivity index (χ4n) is 9.15. The van der Waals surface area contributed by atoms with Crippen molar-refractivity contribution >= 4 is 17.9 Å². The van der Waals surface area contributed by atoms with Gasteiger partial charge in [0.05, 0.1) is 24.2 Å². The second-order valence-corrected chi connectivity index (χ2v) is 11.9. The molecule has 11 heteroatoms. The van der Waals surface area contributed by atoms with Crippen molar-refractivity contribution in [3.8, 4) is 0 Å². The van der Waals surface area contributed by atoms with Crippen LogP contribution in [0.5, 0.6) is 0 Å². The Morgan fingerprint density at radius 3 is 2.27 bits per heavy atom. The van der Waals surface area contributed by atoms with Gasteiger partial charge in [-0.15, -0.1) is 0 Å². The molecule has 37 heavy (non-hydrogen) atoms. The number of aliphatic hydroxyl groups excluding tert-OH is 3. The van der Waals surface area contributed by atoms with Crippen LogP contribution in [0.25, 0.3) is 0 Å². The van der Waals surface area contributed by atoms with Gasteiger partial charge in [-0.3, -0.25) is 14.4 Å². The van der Waals surface area contributed by atoms with Gasteiger partial charge < -0.3 is 39.4 Å². The van der Waals surface area contributed by atoms with E-state index in [1.165, 1.54) is 20.8 Å². The molecule has 0 aromatic rings. The van der Waals surface area contributed by atoms with Crippen molar-refractivity contribution in [1.29, 1.82) is 0 Å². The van der Waals surface area contributed by atoms with E-state index in [4.69, 9.17) is 18.9 Å². The SMILES string of the molecule is C=C1[C@@H](O)[C@]23[C@H](O)[C@H]1C[C@H](OC(C)=O)[C@H]2[C@]12CCC[C@@](C)(COC(C)=O)[C@H]1[C@H](OC(C)=O)[C@]3(O)O[C@@H]2O. The molecule has 206 valence electrons. The Labute approximate surface area is 214 Å². The maximum Gasteiger partial charge on any atom is 0.303 e. The van der Waals surface area contributed by atoms with E-state index in [1.807, 2.05) is 6.92 Å². The van der Waals surface area contributed by atoms with Crippen LogP contribution in [0, 0.1) is 34.0 Å². The molecule has 0 unspecified atom stereocenters. The van der Waals surface area contributed by atoms with Crippen molar-refractivity contribution in [2.24, 2.45) is 34.0 Å². The molecule has 2 aliphatic heterocycles. The molecule has 2 saturated heterocycles. The number of rotatable bonds is 4. The van der Waals surface area contributed by atoms with E-state index >= 15 is 0 Å². The Kier molecular flexibility index (Phi) is 5.90. The van der Waals surface area contributed by atoms with Gasteiger partial charge in [0.2, 0.25) is 5.79 Å². The van der Waals surface area contributed by atoms with Crippen molar-refractivity contribution < 1.29 is 53.8 Å². The smallest absolute Gasteiger partial charge is 0.303 e. The second kappa shape index (κ2) is 8.22. The van der Waals surface area contributed by atoms with Gasteiger partial charge in [-0.05, 0) is 24.8 Å². The molecule has 11 nitrogen and oxygen atoms in total. The van der Waals surface area contributed by atoms with Gasteiger partial charge in [0, 0.05) is 49.4 Å². The van der Waals surface area contributed by atoms with E-state index in [-0.39, 0.29) is 18.6 Å². The Balaban J connectivity index is 1.80. The molecule has 0 aromatic carbocycles. The van der Waals surface area contributed by atoms with Crippen LogP contribution in [0.4, 0.5) is 0 Å². The van der Waals surface area contributed by atoms with E-state index in [2.05, 4.69) is 6.58 Å². The van der Waals surface area contributed by atoms with E-state index in [0.29, 0.717) is 19.3 Å². The third-order valence-corrected chi connectivity index (χ3v) is 10.1. The minimum absolute atomic E-state index is 0.0896. The van der Waals surface area contributed by atoms with Gasteiger partial charge in [0.15, 0.2) is 12.4 Å². The fourth-order valence-corrected chi connectivity index (χ4v) is 9.15. The van der Waals surface area contributed by atoms with Crippen molar-refractivity contribution in [1.82, 2.24) is 0 Å². The number of fused-ring (bicyclic) bond motifs is 2.